The first-order valence-electron chi connectivity index (χ1n) is 4.61. The van der Waals surface area contributed by atoms with E-state index in [0.29, 0.717) is 5.76 Å². The van der Waals surface area contributed by atoms with E-state index < -0.39 is 6.03 Å². The van der Waals surface area contributed by atoms with E-state index >= 15 is 0 Å². The second-order valence-corrected chi connectivity index (χ2v) is 2.90. The van der Waals surface area contributed by atoms with Gasteiger partial charge in [-0.25, -0.2) is 10.2 Å². The number of nitrogens with one attached hydrogen (secondary N) is 1. The van der Waals surface area contributed by atoms with Gasteiger partial charge in [0.05, 0.1) is 13.3 Å². The second kappa shape index (κ2) is 6.23. The first kappa shape index (κ1) is 11.8. The number of ether oxygens (including phenoxy) is 1. The van der Waals surface area contributed by atoms with Gasteiger partial charge in [-0.15, -0.1) is 0 Å². The molecule has 0 bridgehead atoms. The van der Waals surface area contributed by atoms with E-state index in [4.69, 9.17) is 10.5 Å². The number of primary amides is 1. The van der Waals surface area contributed by atoms with Crippen LogP contribution < -0.4 is 11.2 Å². The van der Waals surface area contributed by atoms with Gasteiger partial charge in [0, 0.05) is 0 Å². The Hall–Kier alpha value is -2.30. The topological polar surface area (TPSA) is 76.7 Å². The molecule has 0 unspecified atom stereocenters. The van der Waals surface area contributed by atoms with E-state index in [2.05, 4.69) is 10.5 Å². The third-order valence-electron chi connectivity index (χ3n) is 1.71. The Balaban J connectivity index is 2.71. The molecule has 2 amide bonds. The lowest BCUT2D eigenvalue weighted by molar-refractivity contribution is 0.249. The fraction of sp³-hybridized carbons (Fsp3) is 0.0909. The molecular formula is C11H13N3O2. The Morgan fingerprint density at radius 2 is 2.12 bits per heavy atom. The maximum atomic E-state index is 10.4. The minimum absolute atomic E-state index is 0.514. The number of allylic oxidation sites excluding steroid dienone is 1. The highest BCUT2D eigenvalue weighted by molar-refractivity contribution is 5.84. The number of rotatable bonds is 4. The van der Waals surface area contributed by atoms with Gasteiger partial charge >= 0.3 is 6.03 Å². The molecule has 0 aromatic heterocycles. The molecule has 5 nitrogen and oxygen atoms in total. The normalized spacial score (nSPS) is 11.4. The van der Waals surface area contributed by atoms with Gasteiger partial charge in [-0.05, 0) is 11.6 Å². The smallest absolute Gasteiger partial charge is 0.332 e. The number of hydrogen-bond donors (Lipinski definition) is 2. The van der Waals surface area contributed by atoms with Gasteiger partial charge in [0.25, 0.3) is 0 Å². The quantitative estimate of drug-likeness (QED) is 0.455. The van der Waals surface area contributed by atoms with Gasteiger partial charge in [0.2, 0.25) is 0 Å². The van der Waals surface area contributed by atoms with Crippen molar-refractivity contribution in [2.75, 3.05) is 7.11 Å². The van der Waals surface area contributed by atoms with Crippen molar-refractivity contribution < 1.29 is 9.53 Å². The van der Waals surface area contributed by atoms with Crippen LogP contribution in [0, 0.1) is 0 Å². The Kier molecular flexibility index (Phi) is 4.59. The van der Waals surface area contributed by atoms with Crippen LogP contribution in [0.5, 0.6) is 0 Å². The molecule has 0 aliphatic rings. The summed E-state index contributed by atoms with van der Waals surface area (Å²) in [7, 11) is 1.52. The van der Waals surface area contributed by atoms with Gasteiger partial charge in [-0.1, -0.05) is 30.3 Å². The number of carbonyl (C=O) groups excluding carboxylic acids is 1. The van der Waals surface area contributed by atoms with Gasteiger partial charge < -0.3 is 10.5 Å². The van der Waals surface area contributed by atoms with Crippen molar-refractivity contribution in [1.82, 2.24) is 5.43 Å². The third kappa shape index (κ3) is 4.28. The number of amides is 2. The zero-order chi connectivity index (χ0) is 11.8. The lowest BCUT2D eigenvalue weighted by atomic mass is 10.2. The van der Waals surface area contributed by atoms with Crippen molar-refractivity contribution >= 4 is 18.3 Å². The SMILES string of the molecule is COC(=C\c1ccccc1)/C=N/NC(N)=O. The molecule has 84 valence electrons. The molecule has 0 radical (unpaired) electrons. The van der Waals surface area contributed by atoms with E-state index in [1.165, 1.54) is 13.3 Å². The predicted molar refractivity (Wildman–Crippen MR) is 62.6 cm³/mol. The van der Waals surface area contributed by atoms with Gasteiger partial charge in [0.1, 0.15) is 5.76 Å². The average molecular weight is 219 g/mol. The summed E-state index contributed by atoms with van der Waals surface area (Å²) in [5.74, 6) is 0.514. The average Bonchev–Trinajstić information content (AvgIpc) is 2.28. The van der Waals surface area contributed by atoms with Crippen molar-refractivity contribution in [2.24, 2.45) is 10.8 Å². The van der Waals surface area contributed by atoms with Crippen molar-refractivity contribution in [3.8, 4) is 0 Å². The highest BCUT2D eigenvalue weighted by atomic mass is 16.5. The molecule has 0 spiro atoms. The third-order valence-corrected chi connectivity index (χ3v) is 1.71. The molecular weight excluding hydrogens is 206 g/mol. The molecule has 0 aliphatic heterocycles. The van der Waals surface area contributed by atoms with Crippen LogP contribution in [0.15, 0.2) is 41.2 Å². The number of nitrogens with two attached hydrogens (primary N) is 1. The summed E-state index contributed by atoms with van der Waals surface area (Å²) in [6.45, 7) is 0. The van der Waals surface area contributed by atoms with Crippen molar-refractivity contribution in [3.63, 3.8) is 0 Å². The molecule has 0 heterocycles. The van der Waals surface area contributed by atoms with E-state index in [9.17, 15) is 4.79 Å². The molecule has 0 aliphatic carbocycles. The molecule has 3 N–H and O–H groups in total. The number of hydrazone groups is 1. The van der Waals surface area contributed by atoms with E-state index in [1.54, 1.807) is 6.08 Å². The Bertz CT molecular complexity index is 399. The van der Waals surface area contributed by atoms with Gasteiger partial charge in [0.15, 0.2) is 0 Å². The molecule has 16 heavy (non-hydrogen) atoms. The number of nitrogens with zero attached hydrogens (tertiary/aromatic N) is 1. The monoisotopic (exact) mass is 219 g/mol. The molecule has 0 saturated carbocycles. The van der Waals surface area contributed by atoms with E-state index in [0.717, 1.165) is 5.56 Å². The number of urea groups is 1. The lowest BCUT2D eigenvalue weighted by Gasteiger charge is -1.99. The summed E-state index contributed by atoms with van der Waals surface area (Å²) in [5.41, 5.74) is 7.91. The summed E-state index contributed by atoms with van der Waals surface area (Å²) in [5, 5.41) is 3.60. The van der Waals surface area contributed by atoms with E-state index in [1.807, 2.05) is 30.3 Å². The molecule has 5 heteroatoms. The summed E-state index contributed by atoms with van der Waals surface area (Å²) in [6.07, 6.45) is 3.16. The number of benzene rings is 1. The summed E-state index contributed by atoms with van der Waals surface area (Å²) in [4.78, 5) is 10.4. The summed E-state index contributed by atoms with van der Waals surface area (Å²) >= 11 is 0. The molecule has 1 aromatic carbocycles. The van der Waals surface area contributed by atoms with Crippen molar-refractivity contribution in [2.45, 2.75) is 0 Å². The van der Waals surface area contributed by atoms with Crippen LogP contribution in [0.2, 0.25) is 0 Å². The minimum Gasteiger partial charge on any atom is -0.495 e. The molecule has 1 rings (SSSR count). The number of hydrogen-bond acceptors (Lipinski definition) is 3. The largest absolute Gasteiger partial charge is 0.495 e. The van der Waals surface area contributed by atoms with Crippen LogP contribution in [0.1, 0.15) is 5.56 Å². The van der Waals surface area contributed by atoms with E-state index in [-0.39, 0.29) is 0 Å². The van der Waals surface area contributed by atoms with Crippen molar-refractivity contribution in [1.29, 1.82) is 0 Å². The van der Waals surface area contributed by atoms with Crippen LogP contribution in [0.4, 0.5) is 4.79 Å². The lowest BCUT2D eigenvalue weighted by Crippen LogP contribution is -2.24. The van der Waals surface area contributed by atoms with Crippen LogP contribution in [0.25, 0.3) is 6.08 Å². The first-order chi connectivity index (χ1) is 7.72. The van der Waals surface area contributed by atoms with Crippen LogP contribution >= 0.6 is 0 Å². The molecule has 0 saturated heterocycles. The highest BCUT2D eigenvalue weighted by Crippen LogP contribution is 2.05. The Labute approximate surface area is 93.6 Å². The number of carbonyl (C=O) groups is 1. The maximum Gasteiger partial charge on any atom is 0.332 e. The van der Waals surface area contributed by atoms with Crippen molar-refractivity contribution in [3.05, 3.63) is 41.7 Å². The molecule has 0 fully saturated rings. The Morgan fingerprint density at radius 1 is 1.44 bits per heavy atom. The summed E-state index contributed by atoms with van der Waals surface area (Å²) < 4.78 is 5.06. The number of methoxy groups -OCH3 is 1. The van der Waals surface area contributed by atoms with Crippen LogP contribution in [0.3, 0.4) is 0 Å². The van der Waals surface area contributed by atoms with Crippen LogP contribution in [-0.2, 0) is 4.74 Å². The maximum absolute atomic E-state index is 10.4. The van der Waals surface area contributed by atoms with Gasteiger partial charge in [-0.2, -0.15) is 5.10 Å². The van der Waals surface area contributed by atoms with Crippen LogP contribution in [-0.4, -0.2) is 19.4 Å². The first-order valence-corrected chi connectivity index (χ1v) is 4.61. The summed E-state index contributed by atoms with van der Waals surface area (Å²) in [6, 6.07) is 8.89. The Morgan fingerprint density at radius 3 is 2.69 bits per heavy atom. The van der Waals surface area contributed by atoms with Gasteiger partial charge in [-0.3, -0.25) is 0 Å². The standard InChI is InChI=1S/C11H13N3O2/c1-16-10(8-13-14-11(12)15)7-9-5-3-2-4-6-9/h2-8H,1H3,(H3,12,14,15)/b10-7-,13-8+. The fourth-order valence-corrected chi connectivity index (χ4v) is 1.02. The molecule has 1 aromatic rings. The predicted octanol–water partition coefficient (Wildman–Crippen LogP) is 1.33. The highest BCUT2D eigenvalue weighted by Gasteiger charge is 1.93. The zero-order valence-corrected chi connectivity index (χ0v) is 8.88. The second-order valence-electron chi connectivity index (χ2n) is 2.90. The zero-order valence-electron chi connectivity index (χ0n) is 8.88. The molecule has 0 atom stereocenters. The fourth-order valence-electron chi connectivity index (χ4n) is 1.02. The minimum atomic E-state index is -0.716.